The smallest absolute Gasteiger partial charge is 0.234 e. The van der Waals surface area contributed by atoms with Crippen LogP contribution < -0.4 is 5.32 Å². The fourth-order valence-corrected chi connectivity index (χ4v) is 3.53. The highest BCUT2D eigenvalue weighted by molar-refractivity contribution is 14.1. The van der Waals surface area contributed by atoms with Gasteiger partial charge in [0.05, 0.1) is 11.4 Å². The van der Waals surface area contributed by atoms with Gasteiger partial charge in [-0.3, -0.25) is 4.79 Å². The average molecular weight is 416 g/mol. The molecule has 0 bridgehead atoms. The van der Waals surface area contributed by atoms with Crippen molar-refractivity contribution in [2.24, 2.45) is 0 Å². The summed E-state index contributed by atoms with van der Waals surface area (Å²) in [6, 6.07) is 5.97. The van der Waals surface area contributed by atoms with E-state index in [9.17, 15) is 4.79 Å². The number of carbonyl (C=O) groups excluding carboxylic acids is 1. The lowest BCUT2D eigenvalue weighted by molar-refractivity contribution is -0.113. The lowest BCUT2D eigenvalue weighted by Crippen LogP contribution is -2.15. The van der Waals surface area contributed by atoms with Gasteiger partial charge < -0.3 is 9.84 Å². The third-order valence-electron chi connectivity index (χ3n) is 3.12. The van der Waals surface area contributed by atoms with Crippen LogP contribution in [0.1, 0.15) is 22.6 Å². The number of aryl methyl sites for hydroxylation is 3. The summed E-state index contributed by atoms with van der Waals surface area (Å²) in [4.78, 5) is 12.0. The quantitative estimate of drug-likeness (QED) is 0.747. The summed E-state index contributed by atoms with van der Waals surface area (Å²) in [5.74, 6) is 1.99. The molecule has 1 N–H and O–H groups in total. The Morgan fingerprint density at radius 2 is 2.14 bits per heavy atom. The second kappa shape index (κ2) is 7.31. The zero-order valence-electron chi connectivity index (χ0n) is 12.2. The highest BCUT2D eigenvalue weighted by Gasteiger charge is 2.10. The van der Waals surface area contributed by atoms with Gasteiger partial charge in [0, 0.05) is 20.6 Å². The molecule has 0 fully saturated rings. The topological polar surface area (TPSA) is 55.1 Å². The van der Waals surface area contributed by atoms with E-state index in [4.69, 9.17) is 4.52 Å². The van der Waals surface area contributed by atoms with Gasteiger partial charge in [-0.2, -0.15) is 0 Å². The second-order valence-electron chi connectivity index (χ2n) is 4.80. The third-order valence-corrected chi connectivity index (χ3v) is 4.75. The summed E-state index contributed by atoms with van der Waals surface area (Å²) < 4.78 is 6.27. The van der Waals surface area contributed by atoms with Gasteiger partial charge in [-0.25, -0.2) is 0 Å². The van der Waals surface area contributed by atoms with E-state index in [0.717, 1.165) is 37.6 Å². The van der Waals surface area contributed by atoms with Crippen LogP contribution >= 0.6 is 34.4 Å². The molecule has 112 valence electrons. The van der Waals surface area contributed by atoms with Crippen LogP contribution in [0.4, 0.5) is 5.69 Å². The van der Waals surface area contributed by atoms with E-state index in [1.54, 1.807) is 11.8 Å². The molecular weight excluding hydrogens is 399 g/mol. The van der Waals surface area contributed by atoms with Crippen molar-refractivity contribution < 1.29 is 9.32 Å². The number of rotatable bonds is 5. The number of hydrogen-bond donors (Lipinski definition) is 1. The molecule has 1 heterocycles. The van der Waals surface area contributed by atoms with Gasteiger partial charge in [0.2, 0.25) is 5.91 Å². The Bertz CT molecular complexity index is 636. The fourth-order valence-electron chi connectivity index (χ4n) is 1.91. The lowest BCUT2D eigenvalue weighted by Gasteiger charge is -2.08. The molecule has 0 saturated carbocycles. The molecule has 21 heavy (non-hydrogen) atoms. The standard InChI is InChI=1S/C15H17IN2O2S/c1-9-6-12(16)4-5-14(9)17-15(19)8-21-7-13-10(2)18-20-11(13)3/h4-6H,7-8H2,1-3H3,(H,17,19). The van der Waals surface area contributed by atoms with Crippen molar-refractivity contribution in [3.8, 4) is 0 Å². The van der Waals surface area contributed by atoms with Crippen LogP contribution in [-0.4, -0.2) is 16.8 Å². The van der Waals surface area contributed by atoms with Crippen LogP contribution in [0.3, 0.4) is 0 Å². The summed E-state index contributed by atoms with van der Waals surface area (Å²) in [6.45, 7) is 5.81. The van der Waals surface area contributed by atoms with Crippen molar-refractivity contribution in [1.82, 2.24) is 5.16 Å². The van der Waals surface area contributed by atoms with E-state index >= 15 is 0 Å². The van der Waals surface area contributed by atoms with E-state index < -0.39 is 0 Å². The van der Waals surface area contributed by atoms with Crippen molar-refractivity contribution in [2.45, 2.75) is 26.5 Å². The maximum absolute atomic E-state index is 12.0. The highest BCUT2D eigenvalue weighted by atomic mass is 127. The summed E-state index contributed by atoms with van der Waals surface area (Å²) in [5, 5.41) is 6.86. The van der Waals surface area contributed by atoms with Crippen LogP contribution in [0.5, 0.6) is 0 Å². The number of nitrogens with one attached hydrogen (secondary N) is 1. The van der Waals surface area contributed by atoms with E-state index in [2.05, 4.69) is 33.1 Å². The Morgan fingerprint density at radius 1 is 1.38 bits per heavy atom. The van der Waals surface area contributed by atoms with Crippen molar-refractivity contribution >= 4 is 45.9 Å². The molecule has 2 rings (SSSR count). The van der Waals surface area contributed by atoms with E-state index in [1.165, 1.54) is 0 Å². The van der Waals surface area contributed by atoms with E-state index in [0.29, 0.717) is 5.75 Å². The molecule has 0 aliphatic rings. The Morgan fingerprint density at radius 3 is 2.76 bits per heavy atom. The third kappa shape index (κ3) is 4.47. The Labute approximate surface area is 142 Å². The fraction of sp³-hybridized carbons (Fsp3) is 0.333. The lowest BCUT2D eigenvalue weighted by atomic mass is 10.2. The van der Waals surface area contributed by atoms with E-state index in [1.807, 2.05) is 39.0 Å². The number of carbonyl (C=O) groups is 1. The highest BCUT2D eigenvalue weighted by Crippen LogP contribution is 2.21. The van der Waals surface area contributed by atoms with Gasteiger partial charge in [0.1, 0.15) is 5.76 Å². The molecule has 6 heteroatoms. The van der Waals surface area contributed by atoms with Crippen molar-refractivity contribution in [1.29, 1.82) is 0 Å². The number of anilines is 1. The van der Waals surface area contributed by atoms with Crippen LogP contribution in [0.25, 0.3) is 0 Å². The minimum atomic E-state index is 0.0102. The molecule has 1 amide bonds. The van der Waals surface area contributed by atoms with Gasteiger partial charge in [-0.1, -0.05) is 5.16 Å². The molecule has 0 aliphatic heterocycles. The number of hydrogen-bond acceptors (Lipinski definition) is 4. The number of nitrogens with zero attached hydrogens (tertiary/aromatic N) is 1. The Kier molecular flexibility index (Phi) is 5.69. The number of halogens is 1. The van der Waals surface area contributed by atoms with Gasteiger partial charge in [0.15, 0.2) is 0 Å². The summed E-state index contributed by atoms with van der Waals surface area (Å²) >= 11 is 3.82. The first-order chi connectivity index (χ1) is 9.97. The molecule has 4 nitrogen and oxygen atoms in total. The molecular formula is C15H17IN2O2S. The van der Waals surface area contributed by atoms with Gasteiger partial charge in [-0.15, -0.1) is 11.8 Å². The van der Waals surface area contributed by atoms with Crippen molar-refractivity contribution in [3.05, 3.63) is 44.4 Å². The molecule has 0 atom stereocenters. The molecule has 0 saturated heterocycles. The maximum atomic E-state index is 12.0. The zero-order valence-corrected chi connectivity index (χ0v) is 15.2. The number of aromatic nitrogens is 1. The van der Waals surface area contributed by atoms with Gasteiger partial charge >= 0.3 is 0 Å². The van der Waals surface area contributed by atoms with Crippen LogP contribution in [0.15, 0.2) is 22.7 Å². The normalized spacial score (nSPS) is 10.7. The number of benzene rings is 1. The van der Waals surface area contributed by atoms with Crippen LogP contribution in [-0.2, 0) is 10.5 Å². The predicted molar refractivity (Wildman–Crippen MR) is 94.7 cm³/mol. The first kappa shape index (κ1) is 16.4. The first-order valence-electron chi connectivity index (χ1n) is 6.53. The van der Waals surface area contributed by atoms with Crippen molar-refractivity contribution in [2.75, 3.05) is 11.1 Å². The number of thioether (sulfide) groups is 1. The zero-order chi connectivity index (χ0) is 15.4. The Hall–Kier alpha value is -1.02. The van der Waals surface area contributed by atoms with Gasteiger partial charge in [0.25, 0.3) is 0 Å². The molecule has 1 aromatic carbocycles. The summed E-state index contributed by atoms with van der Waals surface area (Å²) in [5.41, 5.74) is 3.93. The average Bonchev–Trinajstić information content (AvgIpc) is 2.74. The Balaban J connectivity index is 1.85. The second-order valence-corrected chi connectivity index (χ2v) is 7.03. The van der Waals surface area contributed by atoms with Crippen LogP contribution in [0.2, 0.25) is 0 Å². The largest absolute Gasteiger partial charge is 0.361 e. The molecule has 0 aliphatic carbocycles. The van der Waals surface area contributed by atoms with E-state index in [-0.39, 0.29) is 5.91 Å². The SMILES string of the molecule is Cc1cc(I)ccc1NC(=O)CSCc1c(C)noc1C. The number of amides is 1. The molecule has 1 aromatic heterocycles. The van der Waals surface area contributed by atoms with Crippen LogP contribution in [0, 0.1) is 24.3 Å². The predicted octanol–water partition coefficient (Wildman–Crippen LogP) is 4.08. The minimum absolute atomic E-state index is 0.0102. The molecule has 0 spiro atoms. The minimum Gasteiger partial charge on any atom is -0.361 e. The summed E-state index contributed by atoms with van der Waals surface area (Å²) in [6.07, 6.45) is 0. The monoisotopic (exact) mass is 416 g/mol. The molecule has 2 aromatic rings. The van der Waals surface area contributed by atoms with Gasteiger partial charge in [-0.05, 0) is 67.1 Å². The van der Waals surface area contributed by atoms with Crippen molar-refractivity contribution in [3.63, 3.8) is 0 Å². The molecule has 0 unspecified atom stereocenters. The maximum Gasteiger partial charge on any atom is 0.234 e. The summed E-state index contributed by atoms with van der Waals surface area (Å²) in [7, 11) is 0. The molecule has 0 radical (unpaired) electrons. The first-order valence-corrected chi connectivity index (χ1v) is 8.76.